The molecule has 1 fully saturated rings. The summed E-state index contributed by atoms with van der Waals surface area (Å²) in [5.74, 6) is -9.94. The zero-order chi connectivity index (χ0) is 12.6. The van der Waals surface area contributed by atoms with Gasteiger partial charge in [-0.25, -0.2) is 27.3 Å². The molecule has 0 saturated carbocycles. The molecule has 1 saturated heterocycles. The van der Waals surface area contributed by atoms with Crippen molar-refractivity contribution in [1.82, 2.24) is 5.32 Å². The van der Waals surface area contributed by atoms with Crippen molar-refractivity contribution >= 4 is 0 Å². The van der Waals surface area contributed by atoms with Gasteiger partial charge in [0.1, 0.15) is 0 Å². The Kier molecular flexibility index (Phi) is 3.33. The van der Waals surface area contributed by atoms with Gasteiger partial charge in [-0.15, -0.1) is 0 Å². The molecule has 1 aliphatic rings. The molecule has 1 nitrogen and oxygen atoms in total. The third-order valence-electron chi connectivity index (χ3n) is 2.92. The molecular weight excluding hydrogens is 241 g/mol. The van der Waals surface area contributed by atoms with Gasteiger partial charge in [-0.1, -0.05) is 0 Å². The molecule has 1 aliphatic heterocycles. The zero-order valence-electron chi connectivity index (χ0n) is 8.74. The molecule has 2 rings (SSSR count). The fourth-order valence-corrected chi connectivity index (χ4v) is 2.02. The first kappa shape index (κ1) is 12.3. The van der Waals surface area contributed by atoms with E-state index in [1.165, 1.54) is 0 Å². The van der Waals surface area contributed by atoms with Crippen molar-refractivity contribution in [2.75, 3.05) is 13.1 Å². The van der Waals surface area contributed by atoms with Gasteiger partial charge < -0.3 is 0 Å². The fraction of sp³-hybridized carbons (Fsp3) is 0.455. The molecule has 17 heavy (non-hydrogen) atoms. The Morgan fingerprint density at radius 2 is 1.12 bits per heavy atom. The van der Waals surface area contributed by atoms with Gasteiger partial charge >= 0.3 is 0 Å². The maximum atomic E-state index is 13.4. The molecule has 1 aromatic carbocycles. The van der Waals surface area contributed by atoms with Gasteiger partial charge in [-0.05, 0) is 18.8 Å². The van der Waals surface area contributed by atoms with Crippen molar-refractivity contribution < 1.29 is 22.0 Å². The number of hydrogen-bond acceptors (Lipinski definition) is 0. The van der Waals surface area contributed by atoms with Crippen molar-refractivity contribution in [2.45, 2.75) is 18.8 Å². The lowest BCUT2D eigenvalue weighted by Gasteiger charge is -2.23. The summed E-state index contributed by atoms with van der Waals surface area (Å²) in [4.78, 5) is 0. The van der Waals surface area contributed by atoms with E-state index < -0.39 is 40.6 Å². The van der Waals surface area contributed by atoms with Gasteiger partial charge in [-0.2, -0.15) is 0 Å². The predicted octanol–water partition coefficient (Wildman–Crippen LogP) is 2.86. The number of piperidine rings is 1. The zero-order valence-corrected chi connectivity index (χ0v) is 8.74. The molecule has 0 bridgehead atoms. The number of nitrogens with zero attached hydrogens (tertiary/aromatic N) is 1. The maximum absolute atomic E-state index is 13.4. The Morgan fingerprint density at radius 3 is 1.59 bits per heavy atom. The lowest BCUT2D eigenvalue weighted by molar-refractivity contribution is 0.349. The van der Waals surface area contributed by atoms with Crippen molar-refractivity contribution in [1.29, 1.82) is 0 Å². The van der Waals surface area contributed by atoms with Crippen LogP contribution in [0.4, 0.5) is 22.0 Å². The highest BCUT2D eigenvalue weighted by Gasteiger charge is 2.30. The van der Waals surface area contributed by atoms with E-state index in [0.29, 0.717) is 25.9 Å². The molecule has 0 aliphatic carbocycles. The van der Waals surface area contributed by atoms with E-state index in [9.17, 15) is 22.0 Å². The van der Waals surface area contributed by atoms with Gasteiger partial charge in [-0.3, -0.25) is 0 Å². The minimum atomic E-state index is -2.11. The van der Waals surface area contributed by atoms with Gasteiger partial charge in [0.15, 0.2) is 23.3 Å². The van der Waals surface area contributed by atoms with E-state index in [1.807, 2.05) is 0 Å². The van der Waals surface area contributed by atoms with Crippen LogP contribution in [-0.2, 0) is 0 Å². The van der Waals surface area contributed by atoms with Crippen LogP contribution < -0.4 is 5.32 Å². The second kappa shape index (κ2) is 4.60. The normalized spacial score (nSPS) is 17.5. The highest BCUT2D eigenvalue weighted by Crippen LogP contribution is 2.33. The summed E-state index contributed by atoms with van der Waals surface area (Å²) >= 11 is 0. The number of hydrogen-bond donors (Lipinski definition) is 0. The summed E-state index contributed by atoms with van der Waals surface area (Å²) in [6.07, 6.45) is 0.608. The fourth-order valence-electron chi connectivity index (χ4n) is 2.02. The third kappa shape index (κ3) is 2.01. The molecule has 0 unspecified atom stereocenters. The first-order chi connectivity index (χ1) is 8.04. The molecule has 1 radical (unpaired) electrons. The molecule has 1 aromatic rings. The summed E-state index contributed by atoms with van der Waals surface area (Å²) in [6.45, 7) is 0.758. The first-order valence-electron chi connectivity index (χ1n) is 5.18. The second-order valence-corrected chi connectivity index (χ2v) is 3.93. The molecule has 6 heteroatoms. The summed E-state index contributed by atoms with van der Waals surface area (Å²) < 4.78 is 65.6. The number of rotatable bonds is 1. The minimum Gasteiger partial charge on any atom is -0.242 e. The van der Waals surface area contributed by atoms with Crippen molar-refractivity contribution in [2.24, 2.45) is 0 Å². The first-order valence-corrected chi connectivity index (χ1v) is 5.18. The molecule has 0 aromatic heterocycles. The summed E-state index contributed by atoms with van der Waals surface area (Å²) in [5, 5.41) is 3.97. The van der Waals surface area contributed by atoms with Crippen LogP contribution in [0, 0.1) is 29.1 Å². The van der Waals surface area contributed by atoms with Gasteiger partial charge in [0.05, 0.1) is 0 Å². The van der Waals surface area contributed by atoms with Crippen LogP contribution in [0.1, 0.15) is 24.3 Å². The molecule has 93 valence electrons. The summed E-state index contributed by atoms with van der Waals surface area (Å²) in [7, 11) is 0. The Balaban J connectivity index is 2.52. The highest BCUT2D eigenvalue weighted by atomic mass is 19.2. The van der Waals surface area contributed by atoms with Crippen LogP contribution in [0.2, 0.25) is 0 Å². The monoisotopic (exact) mass is 250 g/mol. The molecule has 0 amide bonds. The third-order valence-corrected chi connectivity index (χ3v) is 2.92. The Hall–Kier alpha value is -1.17. The van der Waals surface area contributed by atoms with E-state index in [-0.39, 0.29) is 0 Å². The molecular formula is C11H9F5N. The van der Waals surface area contributed by atoms with Gasteiger partial charge in [0, 0.05) is 18.7 Å². The lowest BCUT2D eigenvalue weighted by Crippen LogP contribution is -2.23. The summed E-state index contributed by atoms with van der Waals surface area (Å²) in [6, 6.07) is 0. The molecule has 0 spiro atoms. The largest absolute Gasteiger partial charge is 0.242 e. The van der Waals surface area contributed by atoms with Gasteiger partial charge in [0.25, 0.3) is 0 Å². The van der Waals surface area contributed by atoms with E-state index in [4.69, 9.17) is 0 Å². The van der Waals surface area contributed by atoms with Crippen LogP contribution in [0.15, 0.2) is 0 Å². The van der Waals surface area contributed by atoms with E-state index in [1.54, 1.807) is 0 Å². The Morgan fingerprint density at radius 1 is 0.706 bits per heavy atom. The van der Waals surface area contributed by atoms with Crippen molar-refractivity contribution in [3.63, 3.8) is 0 Å². The van der Waals surface area contributed by atoms with Crippen LogP contribution in [0.5, 0.6) is 0 Å². The van der Waals surface area contributed by atoms with Crippen LogP contribution in [0.3, 0.4) is 0 Å². The Labute approximate surface area is 94.6 Å². The molecule has 0 N–H and O–H groups in total. The van der Waals surface area contributed by atoms with Crippen molar-refractivity contribution in [3.8, 4) is 0 Å². The molecule has 0 atom stereocenters. The average molecular weight is 250 g/mol. The average Bonchev–Trinajstić information content (AvgIpc) is 2.36. The van der Waals surface area contributed by atoms with E-state index >= 15 is 0 Å². The number of benzene rings is 1. The standard InChI is InChI=1S/C11H9F5N/c12-7-6(5-1-3-17-4-2-5)8(13)10(15)11(16)9(7)14/h5H,1-4H2. The van der Waals surface area contributed by atoms with Crippen molar-refractivity contribution in [3.05, 3.63) is 34.6 Å². The maximum Gasteiger partial charge on any atom is 0.200 e. The Bertz CT molecular complexity index is 411. The van der Waals surface area contributed by atoms with Crippen LogP contribution in [-0.4, -0.2) is 13.1 Å². The quantitative estimate of drug-likeness (QED) is 0.413. The van der Waals surface area contributed by atoms with Crippen LogP contribution in [0.25, 0.3) is 0 Å². The van der Waals surface area contributed by atoms with E-state index in [2.05, 4.69) is 5.32 Å². The predicted molar refractivity (Wildman–Crippen MR) is 50.1 cm³/mol. The second-order valence-electron chi connectivity index (χ2n) is 3.93. The lowest BCUT2D eigenvalue weighted by atomic mass is 9.89. The SMILES string of the molecule is Fc1c(F)c(F)c(C2CC[N]CC2)c(F)c1F. The molecule has 1 heterocycles. The smallest absolute Gasteiger partial charge is 0.200 e. The van der Waals surface area contributed by atoms with E-state index in [0.717, 1.165) is 0 Å². The van der Waals surface area contributed by atoms with Crippen LogP contribution >= 0.6 is 0 Å². The summed E-state index contributed by atoms with van der Waals surface area (Å²) in [5.41, 5.74) is -0.698. The highest BCUT2D eigenvalue weighted by molar-refractivity contribution is 5.27. The topological polar surface area (TPSA) is 14.1 Å². The van der Waals surface area contributed by atoms with Gasteiger partial charge in [0.2, 0.25) is 5.82 Å². The minimum absolute atomic E-state index is 0.304. The number of halogens is 5.